The Bertz CT molecular complexity index is 545. The first-order chi connectivity index (χ1) is 7.99. The maximum Gasteiger partial charge on any atom is 0.105 e. The molecule has 1 aromatic heterocycles. The molecule has 1 N–H and O–H groups in total. The van der Waals surface area contributed by atoms with Crippen LogP contribution in [0.3, 0.4) is 0 Å². The zero-order valence-corrected chi connectivity index (χ0v) is 12.5. The number of aryl methyl sites for hydroxylation is 3. The molecule has 3 heteroatoms. The SMILES string of the molecule is Cc1cc(C(O)c2cc(Br)ccc2C)c(C)s1. The van der Waals surface area contributed by atoms with Gasteiger partial charge in [0, 0.05) is 14.2 Å². The number of halogens is 1. The number of rotatable bonds is 2. The van der Waals surface area contributed by atoms with Gasteiger partial charge in [0.25, 0.3) is 0 Å². The van der Waals surface area contributed by atoms with Crippen LogP contribution in [0.4, 0.5) is 0 Å². The first kappa shape index (κ1) is 12.8. The van der Waals surface area contributed by atoms with E-state index in [9.17, 15) is 5.11 Å². The maximum absolute atomic E-state index is 10.5. The van der Waals surface area contributed by atoms with E-state index in [2.05, 4.69) is 35.8 Å². The van der Waals surface area contributed by atoms with Crippen molar-refractivity contribution in [1.82, 2.24) is 0 Å². The van der Waals surface area contributed by atoms with Crippen LogP contribution in [0, 0.1) is 20.8 Å². The Kier molecular flexibility index (Phi) is 3.71. The Morgan fingerprint density at radius 1 is 1.12 bits per heavy atom. The first-order valence-corrected chi connectivity index (χ1v) is 7.11. The average Bonchev–Trinajstić information content (AvgIpc) is 2.60. The van der Waals surface area contributed by atoms with Crippen molar-refractivity contribution in [3.63, 3.8) is 0 Å². The summed E-state index contributed by atoms with van der Waals surface area (Å²) in [4.78, 5) is 2.43. The second-order valence-electron chi connectivity index (χ2n) is 4.27. The Balaban J connectivity index is 2.46. The normalized spacial score (nSPS) is 12.8. The molecule has 0 aliphatic carbocycles. The smallest absolute Gasteiger partial charge is 0.105 e. The van der Waals surface area contributed by atoms with Crippen molar-refractivity contribution in [2.75, 3.05) is 0 Å². The lowest BCUT2D eigenvalue weighted by molar-refractivity contribution is 0.219. The van der Waals surface area contributed by atoms with Crippen LogP contribution < -0.4 is 0 Å². The molecule has 1 unspecified atom stereocenters. The molecule has 1 atom stereocenters. The van der Waals surface area contributed by atoms with E-state index in [1.54, 1.807) is 11.3 Å². The second-order valence-corrected chi connectivity index (χ2v) is 6.65. The summed E-state index contributed by atoms with van der Waals surface area (Å²) in [5.41, 5.74) is 3.11. The molecule has 0 radical (unpaired) electrons. The molecule has 1 nitrogen and oxygen atoms in total. The number of benzene rings is 1. The van der Waals surface area contributed by atoms with Crippen LogP contribution in [-0.2, 0) is 0 Å². The molecule has 1 heterocycles. The maximum atomic E-state index is 10.5. The average molecular weight is 311 g/mol. The van der Waals surface area contributed by atoms with E-state index in [0.717, 1.165) is 21.2 Å². The highest BCUT2D eigenvalue weighted by atomic mass is 79.9. The van der Waals surface area contributed by atoms with Crippen molar-refractivity contribution in [2.24, 2.45) is 0 Å². The highest BCUT2D eigenvalue weighted by Gasteiger charge is 2.17. The molecule has 0 aliphatic rings. The fourth-order valence-electron chi connectivity index (χ4n) is 2.00. The van der Waals surface area contributed by atoms with E-state index in [1.807, 2.05) is 25.1 Å². The zero-order valence-electron chi connectivity index (χ0n) is 10.1. The lowest BCUT2D eigenvalue weighted by atomic mass is 9.98. The second kappa shape index (κ2) is 4.92. The summed E-state index contributed by atoms with van der Waals surface area (Å²) >= 11 is 5.18. The molecule has 90 valence electrons. The van der Waals surface area contributed by atoms with Crippen LogP contribution in [0.1, 0.15) is 32.5 Å². The summed E-state index contributed by atoms with van der Waals surface area (Å²) in [5, 5.41) is 10.5. The molecule has 0 fully saturated rings. The molecule has 17 heavy (non-hydrogen) atoms. The minimum Gasteiger partial charge on any atom is -0.384 e. The van der Waals surface area contributed by atoms with Crippen molar-refractivity contribution in [3.8, 4) is 0 Å². The first-order valence-electron chi connectivity index (χ1n) is 5.50. The fraction of sp³-hybridized carbons (Fsp3) is 0.286. The van der Waals surface area contributed by atoms with E-state index in [1.165, 1.54) is 9.75 Å². The third-order valence-electron chi connectivity index (χ3n) is 2.91. The molecular formula is C14H15BrOS. The number of hydrogen-bond donors (Lipinski definition) is 1. The monoisotopic (exact) mass is 310 g/mol. The van der Waals surface area contributed by atoms with Gasteiger partial charge >= 0.3 is 0 Å². The van der Waals surface area contributed by atoms with Crippen LogP contribution in [-0.4, -0.2) is 5.11 Å². The van der Waals surface area contributed by atoms with Crippen LogP contribution in [0.2, 0.25) is 0 Å². The third-order valence-corrected chi connectivity index (χ3v) is 4.38. The molecule has 1 aromatic carbocycles. The lowest BCUT2D eigenvalue weighted by Gasteiger charge is -2.14. The zero-order chi connectivity index (χ0) is 12.6. The van der Waals surface area contributed by atoms with Crippen molar-refractivity contribution < 1.29 is 5.11 Å². The summed E-state index contributed by atoms with van der Waals surface area (Å²) in [6.07, 6.45) is -0.530. The predicted octanol–water partition coefficient (Wildman–Crippen LogP) is 4.52. The number of hydrogen-bond acceptors (Lipinski definition) is 2. The molecule has 2 aromatic rings. The van der Waals surface area contributed by atoms with Gasteiger partial charge in [0.2, 0.25) is 0 Å². The summed E-state index contributed by atoms with van der Waals surface area (Å²) in [5.74, 6) is 0. The van der Waals surface area contributed by atoms with Crippen LogP contribution >= 0.6 is 27.3 Å². The van der Waals surface area contributed by atoms with E-state index >= 15 is 0 Å². The van der Waals surface area contributed by atoms with Crippen molar-refractivity contribution in [2.45, 2.75) is 26.9 Å². The van der Waals surface area contributed by atoms with Gasteiger partial charge in [-0.3, -0.25) is 0 Å². The lowest BCUT2D eigenvalue weighted by Crippen LogP contribution is -2.02. The number of aliphatic hydroxyl groups excluding tert-OH is 1. The Morgan fingerprint density at radius 2 is 1.82 bits per heavy atom. The summed E-state index contributed by atoms with van der Waals surface area (Å²) < 4.78 is 1.00. The largest absolute Gasteiger partial charge is 0.384 e. The molecule has 0 bridgehead atoms. The van der Waals surface area contributed by atoms with E-state index < -0.39 is 6.10 Å². The molecule has 0 aliphatic heterocycles. The minimum absolute atomic E-state index is 0.530. The van der Waals surface area contributed by atoms with E-state index in [-0.39, 0.29) is 0 Å². The highest BCUT2D eigenvalue weighted by Crippen LogP contribution is 2.33. The quantitative estimate of drug-likeness (QED) is 0.864. The summed E-state index contributed by atoms with van der Waals surface area (Å²) in [7, 11) is 0. The molecule has 0 saturated heterocycles. The number of thiophene rings is 1. The van der Waals surface area contributed by atoms with Gasteiger partial charge in [-0.25, -0.2) is 0 Å². The summed E-state index contributed by atoms with van der Waals surface area (Å²) in [6.45, 7) is 6.16. The van der Waals surface area contributed by atoms with Crippen LogP contribution in [0.15, 0.2) is 28.7 Å². The molecule has 0 saturated carbocycles. The Morgan fingerprint density at radius 3 is 2.41 bits per heavy atom. The van der Waals surface area contributed by atoms with Gasteiger partial charge in [-0.15, -0.1) is 11.3 Å². The van der Waals surface area contributed by atoms with Gasteiger partial charge in [0.05, 0.1) is 0 Å². The molecule has 0 spiro atoms. The Hall–Kier alpha value is -0.640. The molecule has 2 rings (SSSR count). The van der Waals surface area contributed by atoms with Crippen molar-refractivity contribution in [3.05, 3.63) is 55.2 Å². The van der Waals surface area contributed by atoms with Gasteiger partial charge < -0.3 is 5.11 Å². The third kappa shape index (κ3) is 2.62. The minimum atomic E-state index is -0.530. The van der Waals surface area contributed by atoms with Crippen molar-refractivity contribution >= 4 is 27.3 Å². The number of aliphatic hydroxyl groups is 1. The van der Waals surface area contributed by atoms with E-state index in [4.69, 9.17) is 0 Å². The topological polar surface area (TPSA) is 20.2 Å². The summed E-state index contributed by atoms with van der Waals surface area (Å²) in [6, 6.07) is 8.09. The standard InChI is InChI=1S/C14H15BrOS/c1-8-4-5-11(15)7-12(8)14(16)13-6-9(2)17-10(13)3/h4-7,14,16H,1-3H3. The van der Waals surface area contributed by atoms with Gasteiger partial charge in [0.1, 0.15) is 6.10 Å². The van der Waals surface area contributed by atoms with Gasteiger partial charge in [-0.05, 0) is 55.7 Å². The van der Waals surface area contributed by atoms with Gasteiger partial charge in [-0.2, -0.15) is 0 Å². The van der Waals surface area contributed by atoms with E-state index in [0.29, 0.717) is 0 Å². The molecule has 0 amide bonds. The van der Waals surface area contributed by atoms with Gasteiger partial charge in [-0.1, -0.05) is 22.0 Å². The molecular weight excluding hydrogens is 296 g/mol. The predicted molar refractivity (Wildman–Crippen MR) is 76.7 cm³/mol. The Labute approximate surface area is 114 Å². The van der Waals surface area contributed by atoms with Crippen LogP contribution in [0.25, 0.3) is 0 Å². The van der Waals surface area contributed by atoms with Gasteiger partial charge in [0.15, 0.2) is 0 Å². The van der Waals surface area contributed by atoms with Crippen molar-refractivity contribution in [1.29, 1.82) is 0 Å². The fourth-order valence-corrected chi connectivity index (χ4v) is 3.33. The van der Waals surface area contributed by atoms with Crippen LogP contribution in [0.5, 0.6) is 0 Å². The highest BCUT2D eigenvalue weighted by molar-refractivity contribution is 9.10.